The smallest absolute Gasteiger partial charge is 0.224 e. The molecule has 0 aliphatic rings. The van der Waals surface area contributed by atoms with Gasteiger partial charge >= 0.3 is 0 Å². The quantitative estimate of drug-likeness (QED) is 0.631. The summed E-state index contributed by atoms with van der Waals surface area (Å²) in [5.74, 6) is 2.15. The number of hydrogen-bond acceptors (Lipinski definition) is 2. The van der Waals surface area contributed by atoms with Gasteiger partial charge in [0.15, 0.2) is 5.82 Å². The zero-order valence-electron chi connectivity index (χ0n) is 18.3. The topological polar surface area (TPSA) is 32.3 Å². The van der Waals surface area contributed by atoms with Gasteiger partial charge < -0.3 is 10.2 Å². The molecule has 4 heteroatoms. The van der Waals surface area contributed by atoms with E-state index in [0.717, 1.165) is 11.1 Å². The van der Waals surface area contributed by atoms with Crippen molar-refractivity contribution in [2.75, 3.05) is 16.8 Å². The summed E-state index contributed by atoms with van der Waals surface area (Å²) in [5.41, 5.74) is 4.32. The summed E-state index contributed by atoms with van der Waals surface area (Å²) in [6.07, 6.45) is 5.92. The lowest BCUT2D eigenvalue weighted by Crippen LogP contribution is -2.25. The fourth-order valence-electron chi connectivity index (χ4n) is 3.28. The summed E-state index contributed by atoms with van der Waals surface area (Å²) < 4.78 is 15.3. The first-order chi connectivity index (χ1) is 13.5. The van der Waals surface area contributed by atoms with Crippen LogP contribution in [-0.2, 0) is 11.3 Å². The molecule has 0 atom stereocenters. The van der Waals surface area contributed by atoms with Crippen molar-refractivity contribution in [3.63, 3.8) is 0 Å². The maximum absolute atomic E-state index is 15.3. The van der Waals surface area contributed by atoms with E-state index in [1.54, 1.807) is 13.0 Å². The number of carbonyl (C=O) groups excluding carboxylic acids is 1. The molecule has 2 rings (SSSR count). The van der Waals surface area contributed by atoms with E-state index >= 15 is 4.39 Å². The molecule has 0 unspecified atom stereocenters. The van der Waals surface area contributed by atoms with E-state index in [1.807, 2.05) is 63.8 Å². The van der Waals surface area contributed by atoms with Crippen molar-refractivity contribution in [1.29, 1.82) is 0 Å². The molecule has 3 nitrogen and oxygen atoms in total. The van der Waals surface area contributed by atoms with Gasteiger partial charge in [-0.15, -0.1) is 6.42 Å². The number of nitrogens with one attached hydrogen (secondary N) is 1. The molecular formula is C25H31FN2O. The van der Waals surface area contributed by atoms with Crippen LogP contribution >= 0.6 is 0 Å². The summed E-state index contributed by atoms with van der Waals surface area (Å²) in [4.78, 5) is 14.2. The van der Waals surface area contributed by atoms with E-state index in [9.17, 15) is 4.79 Å². The van der Waals surface area contributed by atoms with E-state index in [4.69, 9.17) is 6.42 Å². The highest BCUT2D eigenvalue weighted by atomic mass is 19.1. The Balaban J connectivity index is 2.35. The molecule has 0 saturated heterocycles. The molecule has 0 aliphatic carbocycles. The molecule has 0 bridgehead atoms. The summed E-state index contributed by atoms with van der Waals surface area (Å²) in [6, 6.07) is 9.88. The van der Waals surface area contributed by atoms with Crippen molar-refractivity contribution in [3.05, 3.63) is 58.4 Å². The minimum Gasteiger partial charge on any atom is -0.354 e. The molecule has 0 radical (unpaired) electrons. The van der Waals surface area contributed by atoms with Crippen LogP contribution in [0, 0.1) is 44.3 Å². The maximum Gasteiger partial charge on any atom is 0.224 e. The van der Waals surface area contributed by atoms with Gasteiger partial charge in [-0.25, -0.2) is 4.39 Å². The third kappa shape index (κ3) is 6.09. The first-order valence-corrected chi connectivity index (χ1v) is 9.85. The molecule has 2 aromatic carbocycles. The Bertz CT molecular complexity index is 918. The van der Waals surface area contributed by atoms with E-state index in [0.29, 0.717) is 36.4 Å². The standard InChI is InChI=1S/C25H31FN2O/c1-8-13-28(16-20-11-9-17(2)10-12-20)21-14-18(3)24(19(4)23(21)26)27-22(29)15-25(5,6)7/h1,9-12,14H,13,15-16H2,2-7H3,(H,27,29). The van der Waals surface area contributed by atoms with Gasteiger partial charge in [-0.3, -0.25) is 4.79 Å². The van der Waals surface area contributed by atoms with Gasteiger partial charge in [0, 0.05) is 24.2 Å². The molecule has 0 heterocycles. The highest BCUT2D eigenvalue weighted by Gasteiger charge is 2.21. The number of anilines is 2. The van der Waals surface area contributed by atoms with Gasteiger partial charge in [0.25, 0.3) is 0 Å². The second kappa shape index (κ2) is 9.13. The lowest BCUT2D eigenvalue weighted by atomic mass is 9.92. The number of rotatable bonds is 6. The van der Waals surface area contributed by atoms with Gasteiger partial charge in [-0.2, -0.15) is 0 Å². The van der Waals surface area contributed by atoms with Crippen LogP contribution in [-0.4, -0.2) is 12.5 Å². The van der Waals surface area contributed by atoms with Crippen molar-refractivity contribution < 1.29 is 9.18 Å². The SMILES string of the molecule is C#CCN(Cc1ccc(C)cc1)c1cc(C)c(NC(=O)CC(C)(C)C)c(C)c1F. The van der Waals surface area contributed by atoms with E-state index in [-0.39, 0.29) is 17.1 Å². The lowest BCUT2D eigenvalue weighted by Gasteiger charge is -2.26. The van der Waals surface area contributed by atoms with Crippen LogP contribution in [0.15, 0.2) is 30.3 Å². The van der Waals surface area contributed by atoms with E-state index in [2.05, 4.69) is 11.2 Å². The summed E-state index contributed by atoms with van der Waals surface area (Å²) >= 11 is 0. The fourth-order valence-corrected chi connectivity index (χ4v) is 3.28. The Hall–Kier alpha value is -2.80. The van der Waals surface area contributed by atoms with Crippen molar-refractivity contribution in [3.8, 4) is 12.3 Å². The third-order valence-corrected chi connectivity index (χ3v) is 4.75. The third-order valence-electron chi connectivity index (χ3n) is 4.75. The number of aryl methyl sites for hydroxylation is 2. The van der Waals surface area contributed by atoms with Crippen LogP contribution in [0.4, 0.5) is 15.8 Å². The average Bonchev–Trinajstić information content (AvgIpc) is 2.62. The zero-order valence-corrected chi connectivity index (χ0v) is 18.3. The fraction of sp³-hybridized carbons (Fsp3) is 0.400. The monoisotopic (exact) mass is 394 g/mol. The van der Waals surface area contributed by atoms with Crippen LogP contribution in [0.25, 0.3) is 0 Å². The molecule has 0 saturated carbocycles. The van der Waals surface area contributed by atoms with E-state index < -0.39 is 0 Å². The number of carbonyl (C=O) groups is 1. The normalized spacial score (nSPS) is 11.1. The Kier molecular flexibility index (Phi) is 7.08. The molecular weight excluding hydrogens is 363 g/mol. The highest BCUT2D eigenvalue weighted by Crippen LogP contribution is 2.33. The first-order valence-electron chi connectivity index (χ1n) is 9.85. The molecule has 154 valence electrons. The summed E-state index contributed by atoms with van der Waals surface area (Å²) in [6.45, 7) is 12.4. The lowest BCUT2D eigenvalue weighted by molar-refractivity contribution is -0.117. The number of terminal acetylenes is 1. The molecule has 29 heavy (non-hydrogen) atoms. The second-order valence-corrected chi connectivity index (χ2v) is 8.86. The molecule has 0 aliphatic heterocycles. The minimum atomic E-state index is -0.357. The highest BCUT2D eigenvalue weighted by molar-refractivity contribution is 5.93. The van der Waals surface area contributed by atoms with Crippen molar-refractivity contribution in [2.24, 2.45) is 5.41 Å². The van der Waals surface area contributed by atoms with Gasteiger partial charge in [0.2, 0.25) is 5.91 Å². The summed E-state index contributed by atoms with van der Waals surface area (Å²) in [5, 5.41) is 2.89. The maximum atomic E-state index is 15.3. The number of halogens is 1. The average molecular weight is 395 g/mol. The minimum absolute atomic E-state index is 0.115. The Morgan fingerprint density at radius 1 is 1.17 bits per heavy atom. The predicted molar refractivity (Wildman–Crippen MR) is 120 cm³/mol. The molecule has 1 amide bonds. The van der Waals surface area contributed by atoms with Crippen molar-refractivity contribution in [1.82, 2.24) is 0 Å². The molecule has 1 N–H and O–H groups in total. The van der Waals surface area contributed by atoms with Gasteiger partial charge in [-0.05, 0) is 43.4 Å². The first kappa shape index (κ1) is 22.5. The Morgan fingerprint density at radius 3 is 2.34 bits per heavy atom. The predicted octanol–water partition coefficient (Wildman–Crippen LogP) is 5.77. The van der Waals surface area contributed by atoms with Gasteiger partial charge in [0.05, 0.1) is 12.2 Å². The number of amides is 1. The zero-order chi connectivity index (χ0) is 21.8. The summed E-state index contributed by atoms with van der Waals surface area (Å²) in [7, 11) is 0. The number of benzene rings is 2. The van der Waals surface area contributed by atoms with Gasteiger partial charge in [-0.1, -0.05) is 56.5 Å². The Labute approximate surface area is 174 Å². The van der Waals surface area contributed by atoms with Crippen LogP contribution in [0.3, 0.4) is 0 Å². The van der Waals surface area contributed by atoms with E-state index in [1.165, 1.54) is 5.56 Å². The Morgan fingerprint density at radius 2 is 1.79 bits per heavy atom. The number of nitrogens with zero attached hydrogens (tertiary/aromatic N) is 1. The number of hydrogen-bond donors (Lipinski definition) is 1. The van der Waals surface area contributed by atoms with Crippen molar-refractivity contribution >= 4 is 17.3 Å². The van der Waals surface area contributed by atoms with Gasteiger partial charge in [0.1, 0.15) is 0 Å². The molecule has 2 aromatic rings. The molecule has 0 spiro atoms. The van der Waals surface area contributed by atoms with Crippen molar-refractivity contribution in [2.45, 2.75) is 54.5 Å². The van der Waals surface area contributed by atoms with Crippen LogP contribution in [0.2, 0.25) is 0 Å². The van der Waals surface area contributed by atoms with Crippen LogP contribution < -0.4 is 10.2 Å². The molecule has 0 aromatic heterocycles. The second-order valence-electron chi connectivity index (χ2n) is 8.86. The largest absolute Gasteiger partial charge is 0.354 e. The van der Waals surface area contributed by atoms with Crippen LogP contribution in [0.5, 0.6) is 0 Å². The molecule has 0 fully saturated rings. The van der Waals surface area contributed by atoms with Crippen LogP contribution in [0.1, 0.15) is 49.4 Å².